The molecule has 7 heteroatoms. The molecule has 0 aliphatic rings. The number of benzene rings is 3. The molecule has 218 valence electrons. The van der Waals surface area contributed by atoms with Gasteiger partial charge in [0.2, 0.25) is 0 Å². The van der Waals surface area contributed by atoms with E-state index in [2.05, 4.69) is 4.98 Å². The first-order chi connectivity index (χ1) is 20.4. The van der Waals surface area contributed by atoms with Crippen molar-refractivity contribution in [3.05, 3.63) is 135 Å². The molecule has 42 heavy (non-hydrogen) atoms. The lowest BCUT2D eigenvalue weighted by molar-refractivity contribution is -0.138. The largest absolute Gasteiger partial charge is 0.489 e. The molecule has 0 aliphatic carbocycles. The summed E-state index contributed by atoms with van der Waals surface area (Å²) in [6.45, 7) is 6.38. The highest BCUT2D eigenvalue weighted by molar-refractivity contribution is 7.09. The second-order valence-electron chi connectivity index (χ2n) is 9.63. The summed E-state index contributed by atoms with van der Waals surface area (Å²) >= 11 is 1.54. The van der Waals surface area contributed by atoms with Gasteiger partial charge >= 0.3 is 5.97 Å². The zero-order chi connectivity index (χ0) is 30.2. The summed E-state index contributed by atoms with van der Waals surface area (Å²) in [5.74, 6) is 0.530. The molecular formula is C35H38N2O4S. The van der Waals surface area contributed by atoms with E-state index in [9.17, 15) is 9.59 Å². The minimum atomic E-state index is -0.303. The van der Waals surface area contributed by atoms with Crippen molar-refractivity contribution in [2.75, 3.05) is 6.61 Å². The van der Waals surface area contributed by atoms with Gasteiger partial charge in [0, 0.05) is 17.4 Å². The van der Waals surface area contributed by atoms with Crippen LogP contribution in [0.25, 0.3) is 6.08 Å². The maximum atomic E-state index is 11.8. The number of carbonyl (C=O) groups is 2. The molecule has 1 atom stereocenters. The Morgan fingerprint density at radius 2 is 1.57 bits per heavy atom. The molecular weight excluding hydrogens is 544 g/mol. The molecule has 1 heterocycles. The van der Waals surface area contributed by atoms with Gasteiger partial charge < -0.3 is 20.0 Å². The number of rotatable bonds is 12. The van der Waals surface area contributed by atoms with E-state index in [0.29, 0.717) is 31.6 Å². The number of allylic oxidation sites excluding steroid dienone is 2. The van der Waals surface area contributed by atoms with Gasteiger partial charge in [-0.25, -0.2) is 9.78 Å². The van der Waals surface area contributed by atoms with Crippen LogP contribution in [-0.4, -0.2) is 23.8 Å². The third kappa shape index (κ3) is 11.3. The molecule has 0 saturated carbocycles. The van der Waals surface area contributed by atoms with E-state index in [0.717, 1.165) is 45.0 Å². The zero-order valence-electron chi connectivity index (χ0n) is 24.4. The molecule has 0 amide bonds. The quantitative estimate of drug-likeness (QED) is 0.0815. The van der Waals surface area contributed by atoms with Gasteiger partial charge in [0.05, 0.1) is 18.3 Å². The highest BCUT2D eigenvalue weighted by Gasteiger charge is 2.12. The Kier molecular flexibility index (Phi) is 13.4. The van der Waals surface area contributed by atoms with Gasteiger partial charge in [0.15, 0.2) is 0 Å². The predicted molar refractivity (Wildman–Crippen MR) is 170 cm³/mol. The maximum Gasteiger partial charge on any atom is 0.333 e. The Balaban J connectivity index is 0.000000458. The van der Waals surface area contributed by atoms with E-state index < -0.39 is 0 Å². The number of nitrogens with two attached hydrogens (primary N) is 1. The zero-order valence-corrected chi connectivity index (χ0v) is 25.2. The summed E-state index contributed by atoms with van der Waals surface area (Å²) in [5.41, 5.74) is 12.1. The van der Waals surface area contributed by atoms with Crippen LogP contribution in [0.4, 0.5) is 0 Å². The molecule has 0 saturated heterocycles. The number of esters is 1. The van der Waals surface area contributed by atoms with Gasteiger partial charge in [-0.3, -0.25) is 0 Å². The summed E-state index contributed by atoms with van der Waals surface area (Å²) in [5, 5.41) is 2.86. The number of aromatic nitrogens is 1. The van der Waals surface area contributed by atoms with Gasteiger partial charge in [-0.05, 0) is 73.7 Å². The number of carbonyl (C=O) groups excluding carboxylic acids is 2. The first-order valence-electron chi connectivity index (χ1n) is 13.9. The molecule has 3 aromatic carbocycles. The van der Waals surface area contributed by atoms with Crippen molar-refractivity contribution < 1.29 is 19.1 Å². The summed E-state index contributed by atoms with van der Waals surface area (Å²) in [6, 6.07) is 27.6. The fourth-order valence-electron chi connectivity index (χ4n) is 3.97. The Hall–Kier alpha value is -4.33. The van der Waals surface area contributed by atoms with Crippen molar-refractivity contribution in [2.24, 2.45) is 5.73 Å². The number of ether oxygens (including phenoxy) is 2. The SMILES string of the molecule is CCOC(=O)/C(C)=C\C(C)=C\c1csc(C(N)Cc2ccc(OCc3ccccc3)cc2)n1.O=CCc1ccccc1. The molecule has 1 aromatic heterocycles. The number of thiazole rings is 1. The Bertz CT molecular complexity index is 1450. The highest BCUT2D eigenvalue weighted by atomic mass is 32.1. The third-order valence-electron chi connectivity index (χ3n) is 6.06. The summed E-state index contributed by atoms with van der Waals surface area (Å²) in [4.78, 5) is 26.4. The van der Waals surface area contributed by atoms with Crippen molar-refractivity contribution in [1.29, 1.82) is 0 Å². The van der Waals surface area contributed by atoms with Gasteiger partial charge in [-0.2, -0.15) is 0 Å². The van der Waals surface area contributed by atoms with E-state index >= 15 is 0 Å². The summed E-state index contributed by atoms with van der Waals surface area (Å²) < 4.78 is 10.9. The number of nitrogens with zero attached hydrogens (tertiary/aromatic N) is 1. The first kappa shape index (κ1) is 32.2. The molecule has 4 aromatic rings. The van der Waals surface area contributed by atoms with E-state index in [1.165, 1.54) is 0 Å². The van der Waals surface area contributed by atoms with Crippen LogP contribution in [0.15, 0.2) is 108 Å². The third-order valence-corrected chi connectivity index (χ3v) is 7.06. The van der Waals surface area contributed by atoms with E-state index in [4.69, 9.17) is 15.2 Å². The van der Waals surface area contributed by atoms with Crippen LogP contribution in [-0.2, 0) is 33.8 Å². The van der Waals surface area contributed by atoms with Crippen LogP contribution in [0.2, 0.25) is 0 Å². The lowest BCUT2D eigenvalue weighted by atomic mass is 10.1. The molecule has 0 bridgehead atoms. The summed E-state index contributed by atoms with van der Waals surface area (Å²) in [6.07, 6.45) is 5.87. The summed E-state index contributed by atoms with van der Waals surface area (Å²) in [7, 11) is 0. The molecule has 4 rings (SSSR count). The van der Waals surface area contributed by atoms with Gasteiger partial charge in [-0.15, -0.1) is 11.3 Å². The van der Waals surface area contributed by atoms with Crippen molar-refractivity contribution in [1.82, 2.24) is 4.98 Å². The Morgan fingerprint density at radius 3 is 2.19 bits per heavy atom. The standard InChI is InChI=1S/C27H30N2O3S.C8H8O/c1-4-31-27(30)20(3)14-19(2)15-23-18-33-26(29-23)25(28)16-21-10-12-24(13-11-21)32-17-22-8-6-5-7-9-22;9-7-6-8-4-2-1-3-5-8/h5-15,18,25H,4,16-17,28H2,1-3H3;1-5,7H,6H2/b19-15+,20-14-;. The van der Waals surface area contributed by atoms with Crippen molar-refractivity contribution in [3.63, 3.8) is 0 Å². The van der Waals surface area contributed by atoms with E-state index in [1.807, 2.05) is 103 Å². The maximum absolute atomic E-state index is 11.8. The van der Waals surface area contributed by atoms with Gasteiger partial charge in [0.1, 0.15) is 23.7 Å². The van der Waals surface area contributed by atoms with Crippen LogP contribution in [0.1, 0.15) is 54.2 Å². The Morgan fingerprint density at radius 1 is 0.929 bits per heavy atom. The highest BCUT2D eigenvalue weighted by Crippen LogP contribution is 2.23. The average molecular weight is 583 g/mol. The molecule has 0 radical (unpaired) electrons. The van der Waals surface area contributed by atoms with Crippen LogP contribution in [0, 0.1) is 0 Å². The molecule has 6 nitrogen and oxygen atoms in total. The number of hydrogen-bond donors (Lipinski definition) is 1. The van der Waals surface area contributed by atoms with Crippen molar-refractivity contribution in [3.8, 4) is 5.75 Å². The minimum absolute atomic E-state index is 0.189. The van der Waals surface area contributed by atoms with Crippen LogP contribution < -0.4 is 10.5 Å². The lowest BCUT2D eigenvalue weighted by Crippen LogP contribution is -2.13. The first-order valence-corrected chi connectivity index (χ1v) is 14.7. The normalized spacial score (nSPS) is 12.1. The smallest absolute Gasteiger partial charge is 0.333 e. The molecule has 0 aliphatic heterocycles. The fourth-order valence-corrected chi connectivity index (χ4v) is 4.75. The molecule has 2 N–H and O–H groups in total. The van der Waals surface area contributed by atoms with Gasteiger partial charge in [-0.1, -0.05) is 72.8 Å². The number of hydrogen-bond acceptors (Lipinski definition) is 7. The fraction of sp³-hybridized carbons (Fsp3) is 0.229. The van der Waals surface area contributed by atoms with Gasteiger partial charge in [0.25, 0.3) is 0 Å². The van der Waals surface area contributed by atoms with Crippen LogP contribution in [0.5, 0.6) is 5.75 Å². The van der Waals surface area contributed by atoms with Crippen LogP contribution >= 0.6 is 11.3 Å². The molecule has 0 spiro atoms. The topological polar surface area (TPSA) is 91.5 Å². The van der Waals surface area contributed by atoms with Crippen LogP contribution in [0.3, 0.4) is 0 Å². The number of aldehydes is 1. The lowest BCUT2D eigenvalue weighted by Gasteiger charge is -2.10. The van der Waals surface area contributed by atoms with E-state index in [-0.39, 0.29) is 12.0 Å². The average Bonchev–Trinajstić information content (AvgIpc) is 3.47. The van der Waals surface area contributed by atoms with Crippen molar-refractivity contribution in [2.45, 2.75) is 46.3 Å². The Labute approximate surface area is 252 Å². The second-order valence-corrected chi connectivity index (χ2v) is 10.5. The minimum Gasteiger partial charge on any atom is -0.489 e. The predicted octanol–water partition coefficient (Wildman–Crippen LogP) is 7.31. The van der Waals surface area contributed by atoms with E-state index in [1.54, 1.807) is 31.3 Å². The second kappa shape index (κ2) is 17.5. The molecule has 1 unspecified atom stereocenters. The van der Waals surface area contributed by atoms with Crippen molar-refractivity contribution >= 4 is 29.7 Å². The molecule has 0 fully saturated rings. The monoisotopic (exact) mass is 582 g/mol.